The number of nitrogen functional groups attached to an aromatic ring is 1. The van der Waals surface area contributed by atoms with Crippen molar-refractivity contribution in [1.29, 1.82) is 0 Å². The maximum atomic E-state index is 13.5. The van der Waals surface area contributed by atoms with E-state index < -0.39 is 16.1 Å². The summed E-state index contributed by atoms with van der Waals surface area (Å²) in [4.78, 5) is 15.1. The first-order valence-corrected chi connectivity index (χ1v) is 15.6. The monoisotopic (exact) mass is 580 g/mol. The van der Waals surface area contributed by atoms with Gasteiger partial charge in [0.05, 0.1) is 18.0 Å². The van der Waals surface area contributed by atoms with Gasteiger partial charge in [-0.2, -0.15) is 4.31 Å². The van der Waals surface area contributed by atoms with E-state index in [1.165, 1.54) is 4.31 Å². The zero-order chi connectivity index (χ0) is 29.8. The Hall–Kier alpha value is -3.40. The van der Waals surface area contributed by atoms with Gasteiger partial charge < -0.3 is 21.1 Å². The smallest absolute Gasteiger partial charge is 0.243 e. The molecule has 9 heteroatoms. The van der Waals surface area contributed by atoms with E-state index in [0.717, 1.165) is 16.8 Å². The van der Waals surface area contributed by atoms with Gasteiger partial charge in [-0.1, -0.05) is 68.3 Å². The molecule has 0 bridgehead atoms. The van der Waals surface area contributed by atoms with Gasteiger partial charge in [0.25, 0.3) is 0 Å². The van der Waals surface area contributed by atoms with Crippen molar-refractivity contribution in [1.82, 2.24) is 9.62 Å². The number of aryl methyl sites for hydroxylation is 1. The lowest BCUT2D eigenvalue weighted by Crippen LogP contribution is -2.44. The lowest BCUT2D eigenvalue weighted by molar-refractivity contribution is -0.119. The summed E-state index contributed by atoms with van der Waals surface area (Å²) in [6, 6.07) is 23.7. The van der Waals surface area contributed by atoms with E-state index in [2.05, 4.69) is 5.32 Å². The Balaban J connectivity index is 1.55. The molecule has 8 nitrogen and oxygen atoms in total. The fourth-order valence-electron chi connectivity index (χ4n) is 4.73. The molecule has 222 valence electrons. The molecule has 0 aliphatic rings. The average molecular weight is 581 g/mol. The van der Waals surface area contributed by atoms with Gasteiger partial charge in [-0.05, 0) is 67.6 Å². The second-order valence-electron chi connectivity index (χ2n) is 10.9. The molecule has 0 aliphatic carbocycles. The second kappa shape index (κ2) is 15.6. The van der Waals surface area contributed by atoms with Crippen molar-refractivity contribution < 1.29 is 18.3 Å². The average Bonchev–Trinajstić information content (AvgIpc) is 2.94. The summed E-state index contributed by atoms with van der Waals surface area (Å²) in [5.41, 5.74) is 9.57. The number of carbonyl (C=O) groups is 1. The highest BCUT2D eigenvalue weighted by Crippen LogP contribution is 2.23. The topological polar surface area (TPSA) is 116 Å². The van der Waals surface area contributed by atoms with Crippen molar-refractivity contribution in [2.24, 2.45) is 5.92 Å². The standard InChI is InChI=1S/C32H44N4O4S/c1-25(2)21-36(41(39,40)31-17-15-26(3)16-18-31)30(24-37)14-7-8-19-34-32(38)23-35(29-12-5-4-6-13-29)22-27-10-9-11-28(33)20-27/h4-6,9-13,15-18,20,25,30,37H,7-8,14,19,21-24,33H2,1-3H3,(H,34,38)/t30-/m0/s1. The van der Waals surface area contributed by atoms with E-state index >= 15 is 0 Å². The molecule has 0 spiro atoms. The van der Waals surface area contributed by atoms with Crippen LogP contribution in [0, 0.1) is 12.8 Å². The van der Waals surface area contributed by atoms with E-state index in [4.69, 9.17) is 5.73 Å². The highest BCUT2D eigenvalue weighted by atomic mass is 32.2. The van der Waals surface area contributed by atoms with Crippen LogP contribution in [-0.2, 0) is 21.4 Å². The van der Waals surface area contributed by atoms with Crippen LogP contribution in [0.2, 0.25) is 0 Å². The number of carbonyl (C=O) groups excluding carboxylic acids is 1. The first-order valence-electron chi connectivity index (χ1n) is 14.2. The Labute approximate surface area is 245 Å². The maximum absolute atomic E-state index is 13.5. The summed E-state index contributed by atoms with van der Waals surface area (Å²) < 4.78 is 28.4. The Bertz CT molecular complexity index is 1330. The van der Waals surface area contributed by atoms with Gasteiger partial charge in [0.15, 0.2) is 0 Å². The van der Waals surface area contributed by atoms with Crippen molar-refractivity contribution in [3.63, 3.8) is 0 Å². The highest BCUT2D eigenvalue weighted by molar-refractivity contribution is 7.89. The largest absolute Gasteiger partial charge is 0.399 e. The quantitative estimate of drug-likeness (QED) is 0.169. The number of hydrogen-bond donors (Lipinski definition) is 3. The molecule has 1 atom stereocenters. The van der Waals surface area contributed by atoms with E-state index in [1.54, 1.807) is 24.3 Å². The Morgan fingerprint density at radius 2 is 1.68 bits per heavy atom. The van der Waals surface area contributed by atoms with Crippen LogP contribution < -0.4 is 16.0 Å². The zero-order valence-electron chi connectivity index (χ0n) is 24.4. The minimum atomic E-state index is -3.76. The summed E-state index contributed by atoms with van der Waals surface area (Å²) in [5.74, 6) is 0.00305. The van der Waals surface area contributed by atoms with E-state index in [0.29, 0.717) is 44.6 Å². The fraction of sp³-hybridized carbons (Fsp3) is 0.406. The van der Waals surface area contributed by atoms with Crippen molar-refractivity contribution >= 4 is 27.3 Å². The SMILES string of the molecule is Cc1ccc(S(=O)(=O)N(CC(C)C)[C@H](CO)CCCCNC(=O)CN(Cc2cccc(N)c2)c2ccccc2)cc1. The number of unbranched alkanes of at least 4 members (excludes halogenated alkanes) is 1. The predicted molar refractivity (Wildman–Crippen MR) is 166 cm³/mol. The van der Waals surface area contributed by atoms with Gasteiger partial charge in [0.1, 0.15) is 0 Å². The second-order valence-corrected chi connectivity index (χ2v) is 12.8. The maximum Gasteiger partial charge on any atom is 0.243 e. The number of aliphatic hydroxyl groups excluding tert-OH is 1. The zero-order valence-corrected chi connectivity index (χ0v) is 25.2. The molecule has 41 heavy (non-hydrogen) atoms. The molecule has 0 aliphatic heterocycles. The molecule has 0 heterocycles. The lowest BCUT2D eigenvalue weighted by atomic mass is 10.1. The van der Waals surface area contributed by atoms with Gasteiger partial charge >= 0.3 is 0 Å². The minimum absolute atomic E-state index is 0.0974. The highest BCUT2D eigenvalue weighted by Gasteiger charge is 2.31. The fourth-order valence-corrected chi connectivity index (χ4v) is 6.54. The summed E-state index contributed by atoms with van der Waals surface area (Å²) in [6.45, 7) is 7.10. The van der Waals surface area contributed by atoms with Crippen molar-refractivity contribution in [2.45, 2.75) is 57.5 Å². The Morgan fingerprint density at radius 1 is 0.976 bits per heavy atom. The van der Waals surface area contributed by atoms with Crippen LogP contribution in [0.15, 0.2) is 83.8 Å². The molecule has 3 aromatic rings. The molecule has 0 radical (unpaired) electrons. The molecule has 0 saturated carbocycles. The number of hydrogen-bond acceptors (Lipinski definition) is 6. The molecule has 3 aromatic carbocycles. The third-order valence-electron chi connectivity index (χ3n) is 6.86. The number of benzene rings is 3. The van der Waals surface area contributed by atoms with Crippen molar-refractivity contribution in [2.75, 3.05) is 36.9 Å². The summed E-state index contributed by atoms with van der Waals surface area (Å²) in [5, 5.41) is 13.2. The summed E-state index contributed by atoms with van der Waals surface area (Å²) >= 11 is 0. The number of sulfonamides is 1. The van der Waals surface area contributed by atoms with Gasteiger partial charge in [-0.25, -0.2) is 8.42 Å². The Kier molecular flexibility index (Phi) is 12.2. The molecule has 3 rings (SSSR count). The lowest BCUT2D eigenvalue weighted by Gasteiger charge is -2.31. The van der Waals surface area contributed by atoms with E-state index in [-0.39, 0.29) is 29.9 Å². The molecule has 0 unspecified atom stereocenters. The number of nitrogens with one attached hydrogen (secondary N) is 1. The van der Waals surface area contributed by atoms with Crippen LogP contribution in [0.3, 0.4) is 0 Å². The first kappa shape index (κ1) is 32.1. The third-order valence-corrected chi connectivity index (χ3v) is 8.79. The molecular formula is C32H44N4O4S. The van der Waals surface area contributed by atoms with Gasteiger partial charge in [0, 0.05) is 37.1 Å². The molecule has 4 N–H and O–H groups in total. The van der Waals surface area contributed by atoms with Crippen molar-refractivity contribution in [3.05, 3.63) is 90.0 Å². The molecule has 0 saturated heterocycles. The number of para-hydroxylation sites is 1. The molecular weight excluding hydrogens is 536 g/mol. The number of anilines is 2. The Morgan fingerprint density at radius 3 is 2.32 bits per heavy atom. The number of amides is 1. The van der Waals surface area contributed by atoms with E-state index in [1.807, 2.05) is 80.3 Å². The van der Waals surface area contributed by atoms with Crippen LogP contribution >= 0.6 is 0 Å². The van der Waals surface area contributed by atoms with Gasteiger partial charge in [-0.3, -0.25) is 4.79 Å². The summed E-state index contributed by atoms with van der Waals surface area (Å²) in [6.07, 6.45) is 1.83. The molecule has 0 aromatic heterocycles. The van der Waals surface area contributed by atoms with Crippen LogP contribution in [0.1, 0.15) is 44.2 Å². The number of aliphatic hydroxyl groups is 1. The minimum Gasteiger partial charge on any atom is -0.399 e. The summed E-state index contributed by atoms with van der Waals surface area (Å²) in [7, 11) is -3.76. The molecule has 1 amide bonds. The van der Waals surface area contributed by atoms with Crippen LogP contribution in [0.5, 0.6) is 0 Å². The number of rotatable bonds is 16. The van der Waals surface area contributed by atoms with Crippen LogP contribution in [0.25, 0.3) is 0 Å². The van der Waals surface area contributed by atoms with Gasteiger partial charge in [0.2, 0.25) is 15.9 Å². The van der Waals surface area contributed by atoms with Crippen LogP contribution in [0.4, 0.5) is 11.4 Å². The van der Waals surface area contributed by atoms with Crippen molar-refractivity contribution in [3.8, 4) is 0 Å². The first-order chi connectivity index (χ1) is 19.6. The molecule has 0 fully saturated rings. The normalized spacial score (nSPS) is 12.4. The number of nitrogens with zero attached hydrogens (tertiary/aromatic N) is 2. The van der Waals surface area contributed by atoms with Gasteiger partial charge in [-0.15, -0.1) is 0 Å². The van der Waals surface area contributed by atoms with E-state index in [9.17, 15) is 18.3 Å². The third kappa shape index (κ3) is 9.88. The van der Waals surface area contributed by atoms with Crippen LogP contribution in [-0.4, -0.2) is 56.0 Å². The predicted octanol–water partition coefficient (Wildman–Crippen LogP) is 4.58. The number of nitrogens with two attached hydrogens (primary N) is 1.